The maximum Gasteiger partial charge on any atom is 0.326 e. The Morgan fingerprint density at radius 1 is 0.964 bits per heavy atom. The molecule has 2 aliphatic heterocycles. The number of hydrogen-bond donors (Lipinski definition) is 0. The summed E-state index contributed by atoms with van der Waals surface area (Å²) in [4.78, 5) is 59.9. The summed E-state index contributed by atoms with van der Waals surface area (Å²) in [5, 5.41) is 0. The maximum absolute atomic E-state index is 11.9. The molecule has 0 aromatic carbocycles. The number of esters is 1. The quantitative estimate of drug-likeness (QED) is 0.517. The van der Waals surface area contributed by atoms with Gasteiger partial charge in [-0.3, -0.25) is 24.0 Å². The van der Waals surface area contributed by atoms with Gasteiger partial charge in [0.25, 0.3) is 0 Å². The number of likely N-dealkylation sites (tertiary alicyclic amines) is 2. The van der Waals surface area contributed by atoms with Crippen molar-refractivity contribution in [1.82, 2.24) is 9.80 Å². The normalized spacial score (nSPS) is 20.0. The maximum atomic E-state index is 11.9. The molecule has 2 fully saturated rings. The van der Waals surface area contributed by atoms with Crippen LogP contribution >= 0.6 is 0 Å². The fraction of sp³-hybridized carbons (Fsp3) is 0.750. The number of nitrogens with zero attached hydrogens (tertiary/aromatic N) is 2. The fourth-order valence-electron chi connectivity index (χ4n) is 2.84. The van der Waals surface area contributed by atoms with Crippen LogP contribution in [0.25, 0.3) is 0 Å². The molecule has 2 saturated heterocycles. The SMILES string of the molecule is C.CC(C)(C)N1CC(=O)CC1=O.CCOC(=O)C1C(=O)CN(C(C)(C)C)C1=O. The number of carbonyl (C=O) groups is 5. The van der Waals surface area contributed by atoms with Crippen LogP contribution in [-0.4, -0.2) is 69.9 Å². The zero-order valence-corrected chi connectivity index (χ0v) is 17.2. The molecule has 0 aromatic rings. The third kappa shape index (κ3) is 6.14. The van der Waals surface area contributed by atoms with E-state index in [9.17, 15) is 24.0 Å². The van der Waals surface area contributed by atoms with E-state index in [2.05, 4.69) is 0 Å². The lowest BCUT2D eigenvalue weighted by Gasteiger charge is -2.31. The molecule has 0 bridgehead atoms. The predicted octanol–water partition coefficient (Wildman–Crippen LogP) is 1.60. The van der Waals surface area contributed by atoms with Crippen LogP contribution in [0, 0.1) is 5.92 Å². The first-order valence-corrected chi connectivity index (χ1v) is 9.03. The Hall–Kier alpha value is -2.25. The highest BCUT2D eigenvalue weighted by atomic mass is 16.5. The lowest BCUT2D eigenvalue weighted by molar-refractivity contribution is -0.154. The van der Waals surface area contributed by atoms with E-state index in [1.165, 1.54) is 4.90 Å². The standard InChI is InChI=1S/C11H17NO4.C8H13NO2.CH4/c1-5-16-10(15)8-7(13)6-12(9(8)14)11(2,3)4;1-8(2,3)9-5-6(10)4-7(9)11;/h8H,5-6H2,1-4H3;4-5H2,1-3H3;1H4. The molecule has 0 aromatic heterocycles. The summed E-state index contributed by atoms with van der Waals surface area (Å²) in [5.41, 5.74) is -0.656. The summed E-state index contributed by atoms with van der Waals surface area (Å²) in [5.74, 6) is -2.81. The zero-order chi connectivity index (χ0) is 21.2. The van der Waals surface area contributed by atoms with Crippen molar-refractivity contribution < 1.29 is 28.7 Å². The Bertz CT molecular complexity index is 642. The van der Waals surface area contributed by atoms with Gasteiger partial charge < -0.3 is 14.5 Å². The van der Waals surface area contributed by atoms with Crippen LogP contribution < -0.4 is 0 Å². The van der Waals surface area contributed by atoms with Gasteiger partial charge in [-0.05, 0) is 48.5 Å². The molecule has 0 aliphatic carbocycles. The topological polar surface area (TPSA) is 101 Å². The van der Waals surface area contributed by atoms with E-state index in [1.54, 1.807) is 11.8 Å². The van der Waals surface area contributed by atoms with Crippen molar-refractivity contribution in [1.29, 1.82) is 0 Å². The summed E-state index contributed by atoms with van der Waals surface area (Å²) in [7, 11) is 0. The number of hydrogen-bond acceptors (Lipinski definition) is 6. The molecular weight excluding hydrogens is 364 g/mol. The minimum Gasteiger partial charge on any atom is -0.465 e. The molecule has 0 N–H and O–H groups in total. The van der Waals surface area contributed by atoms with Gasteiger partial charge in [0.05, 0.1) is 26.1 Å². The second-order valence-electron chi connectivity index (χ2n) is 8.61. The predicted molar refractivity (Wildman–Crippen MR) is 104 cm³/mol. The molecule has 2 aliphatic rings. The largest absolute Gasteiger partial charge is 0.465 e. The van der Waals surface area contributed by atoms with Gasteiger partial charge >= 0.3 is 5.97 Å². The Balaban J connectivity index is 0.000000535. The van der Waals surface area contributed by atoms with Crippen molar-refractivity contribution >= 4 is 29.4 Å². The Labute approximate surface area is 167 Å². The number of amides is 2. The van der Waals surface area contributed by atoms with Crippen molar-refractivity contribution in [3.05, 3.63) is 0 Å². The van der Waals surface area contributed by atoms with Crippen LogP contribution in [0.2, 0.25) is 0 Å². The molecular formula is C20H34N2O6. The minimum atomic E-state index is -1.25. The van der Waals surface area contributed by atoms with Crippen molar-refractivity contribution in [2.45, 2.75) is 73.4 Å². The average molecular weight is 399 g/mol. The van der Waals surface area contributed by atoms with Crippen LogP contribution in [0.5, 0.6) is 0 Å². The third-order valence-corrected chi connectivity index (χ3v) is 4.27. The van der Waals surface area contributed by atoms with Gasteiger partial charge in [0.1, 0.15) is 0 Å². The van der Waals surface area contributed by atoms with Gasteiger partial charge in [-0.25, -0.2) is 0 Å². The summed E-state index contributed by atoms with van der Waals surface area (Å²) < 4.78 is 4.72. The van der Waals surface area contributed by atoms with Crippen LogP contribution in [0.3, 0.4) is 0 Å². The molecule has 2 heterocycles. The Morgan fingerprint density at radius 2 is 1.46 bits per heavy atom. The molecule has 0 radical (unpaired) electrons. The fourth-order valence-corrected chi connectivity index (χ4v) is 2.84. The molecule has 8 nitrogen and oxygen atoms in total. The van der Waals surface area contributed by atoms with Crippen LogP contribution in [0.15, 0.2) is 0 Å². The van der Waals surface area contributed by atoms with Crippen molar-refractivity contribution in [2.75, 3.05) is 19.7 Å². The third-order valence-electron chi connectivity index (χ3n) is 4.27. The van der Waals surface area contributed by atoms with Gasteiger partial charge in [0.15, 0.2) is 17.5 Å². The Kier molecular flexibility index (Phi) is 8.55. The monoisotopic (exact) mass is 398 g/mol. The van der Waals surface area contributed by atoms with E-state index in [0.717, 1.165) is 0 Å². The highest BCUT2D eigenvalue weighted by Gasteiger charge is 2.48. The van der Waals surface area contributed by atoms with E-state index in [-0.39, 0.29) is 50.0 Å². The van der Waals surface area contributed by atoms with Gasteiger partial charge in [0, 0.05) is 11.1 Å². The second-order valence-corrected chi connectivity index (χ2v) is 8.61. The van der Waals surface area contributed by atoms with E-state index < -0.39 is 23.3 Å². The number of carbonyl (C=O) groups excluding carboxylic acids is 5. The van der Waals surface area contributed by atoms with E-state index >= 15 is 0 Å². The first kappa shape index (κ1) is 25.8. The zero-order valence-electron chi connectivity index (χ0n) is 17.2. The molecule has 28 heavy (non-hydrogen) atoms. The van der Waals surface area contributed by atoms with Crippen molar-refractivity contribution in [3.8, 4) is 0 Å². The van der Waals surface area contributed by atoms with Crippen LogP contribution in [0.4, 0.5) is 0 Å². The lowest BCUT2D eigenvalue weighted by Crippen LogP contribution is -2.44. The summed E-state index contributed by atoms with van der Waals surface area (Å²) in [6.45, 7) is 13.4. The first-order chi connectivity index (χ1) is 12.2. The van der Waals surface area contributed by atoms with Gasteiger partial charge in [0.2, 0.25) is 11.8 Å². The summed E-state index contributed by atoms with van der Waals surface area (Å²) >= 11 is 0. The van der Waals surface area contributed by atoms with Gasteiger partial charge in [-0.1, -0.05) is 7.43 Å². The van der Waals surface area contributed by atoms with E-state index in [4.69, 9.17) is 4.74 Å². The number of ether oxygens (including phenoxy) is 1. The molecule has 2 amide bonds. The number of Topliss-reactive ketones (excluding diaryl/α,β-unsaturated/α-hetero) is 2. The molecule has 1 unspecified atom stereocenters. The second kappa shape index (κ2) is 9.30. The van der Waals surface area contributed by atoms with Crippen LogP contribution in [0.1, 0.15) is 62.3 Å². The summed E-state index contributed by atoms with van der Waals surface area (Å²) in [6.07, 6.45) is 0.0945. The molecule has 8 heteroatoms. The van der Waals surface area contributed by atoms with Crippen molar-refractivity contribution in [2.24, 2.45) is 5.92 Å². The number of rotatable bonds is 2. The lowest BCUT2D eigenvalue weighted by atomic mass is 10.1. The molecule has 2 rings (SSSR count). The van der Waals surface area contributed by atoms with Gasteiger partial charge in [-0.15, -0.1) is 0 Å². The number of ketones is 2. The molecule has 0 spiro atoms. The minimum absolute atomic E-state index is 0. The highest BCUT2D eigenvalue weighted by Crippen LogP contribution is 2.24. The highest BCUT2D eigenvalue weighted by molar-refractivity contribution is 6.21. The molecule has 160 valence electrons. The van der Waals surface area contributed by atoms with E-state index in [1.807, 2.05) is 41.5 Å². The molecule has 0 saturated carbocycles. The van der Waals surface area contributed by atoms with E-state index in [0.29, 0.717) is 6.54 Å². The van der Waals surface area contributed by atoms with Crippen molar-refractivity contribution in [3.63, 3.8) is 0 Å². The molecule has 1 atom stereocenters. The van der Waals surface area contributed by atoms with Gasteiger partial charge in [-0.2, -0.15) is 0 Å². The first-order valence-electron chi connectivity index (χ1n) is 9.03. The van der Waals surface area contributed by atoms with Crippen LogP contribution in [-0.2, 0) is 28.7 Å². The smallest absolute Gasteiger partial charge is 0.326 e. The average Bonchev–Trinajstić information content (AvgIpc) is 2.98. The summed E-state index contributed by atoms with van der Waals surface area (Å²) in [6, 6.07) is 0. The Morgan fingerprint density at radius 3 is 1.75 bits per heavy atom.